The van der Waals surface area contributed by atoms with Crippen LogP contribution in [0.5, 0.6) is 0 Å². The molecule has 4 atom stereocenters. The van der Waals surface area contributed by atoms with Crippen LogP contribution in [0.3, 0.4) is 0 Å². The maximum absolute atomic E-state index is 13.5. The van der Waals surface area contributed by atoms with Crippen LogP contribution in [0.1, 0.15) is 19.8 Å². The summed E-state index contributed by atoms with van der Waals surface area (Å²) in [5.41, 5.74) is 0. The lowest BCUT2D eigenvalue weighted by Gasteiger charge is -2.34. The molecule has 0 N–H and O–H groups in total. The molecule has 0 amide bonds. The van der Waals surface area contributed by atoms with E-state index in [1.165, 1.54) is 6.08 Å². The van der Waals surface area contributed by atoms with Crippen LogP contribution >= 0.6 is 0 Å². The smallest absolute Gasteiger partial charge is 0.160 e. The summed E-state index contributed by atoms with van der Waals surface area (Å²) in [7, 11) is 0. The van der Waals surface area contributed by atoms with Gasteiger partial charge in [-0.05, 0) is 19.8 Å². The Balaban J connectivity index is 2.44. The molecular formula is C11H18F2O2. The topological polar surface area (TPSA) is 18.5 Å². The maximum atomic E-state index is 13.5. The predicted molar refractivity (Wildman–Crippen MR) is 54.4 cm³/mol. The highest BCUT2D eigenvalue weighted by Crippen LogP contribution is 2.29. The van der Waals surface area contributed by atoms with Gasteiger partial charge < -0.3 is 9.47 Å². The lowest BCUT2D eigenvalue weighted by Crippen LogP contribution is -2.46. The van der Waals surface area contributed by atoms with Gasteiger partial charge in [0.05, 0.1) is 18.8 Å². The van der Waals surface area contributed by atoms with Crippen molar-refractivity contribution < 1.29 is 18.3 Å². The van der Waals surface area contributed by atoms with E-state index in [1.54, 1.807) is 6.92 Å². The lowest BCUT2D eigenvalue weighted by molar-refractivity contribution is -0.111. The monoisotopic (exact) mass is 220 g/mol. The normalized spacial score (nSPS) is 36.5. The van der Waals surface area contributed by atoms with Crippen LogP contribution in [0.4, 0.5) is 8.78 Å². The van der Waals surface area contributed by atoms with E-state index in [9.17, 15) is 8.78 Å². The van der Waals surface area contributed by atoms with Crippen molar-refractivity contribution in [2.75, 3.05) is 13.2 Å². The van der Waals surface area contributed by atoms with Gasteiger partial charge in [-0.3, -0.25) is 0 Å². The van der Waals surface area contributed by atoms with Gasteiger partial charge in [0.25, 0.3) is 0 Å². The van der Waals surface area contributed by atoms with E-state index in [-0.39, 0.29) is 6.61 Å². The van der Waals surface area contributed by atoms with Crippen LogP contribution < -0.4 is 0 Å². The zero-order chi connectivity index (χ0) is 11.3. The largest absolute Gasteiger partial charge is 0.375 e. The Labute approximate surface area is 89.3 Å². The molecule has 2 nitrogen and oxygen atoms in total. The van der Waals surface area contributed by atoms with Crippen molar-refractivity contribution in [2.24, 2.45) is 0 Å². The third-order valence-electron chi connectivity index (χ3n) is 2.56. The summed E-state index contributed by atoms with van der Waals surface area (Å²) in [5, 5.41) is 0. The summed E-state index contributed by atoms with van der Waals surface area (Å²) in [5.74, 6) is 0. The highest BCUT2D eigenvalue weighted by atomic mass is 19.2. The van der Waals surface area contributed by atoms with Gasteiger partial charge in [0.2, 0.25) is 0 Å². The van der Waals surface area contributed by atoms with E-state index in [0.29, 0.717) is 19.4 Å². The summed E-state index contributed by atoms with van der Waals surface area (Å²) in [6.07, 6.45) is -1.89. The molecule has 0 radical (unpaired) electrons. The first-order chi connectivity index (χ1) is 7.20. The van der Waals surface area contributed by atoms with Gasteiger partial charge in [-0.2, -0.15) is 0 Å². The first-order valence-electron chi connectivity index (χ1n) is 5.33. The molecule has 1 aliphatic rings. The highest BCUT2D eigenvalue weighted by Gasteiger charge is 2.41. The van der Waals surface area contributed by atoms with Crippen molar-refractivity contribution >= 4 is 0 Å². The average molecular weight is 220 g/mol. The zero-order valence-corrected chi connectivity index (χ0v) is 8.99. The molecule has 0 bridgehead atoms. The van der Waals surface area contributed by atoms with Crippen molar-refractivity contribution in [2.45, 2.75) is 44.3 Å². The molecule has 4 heteroatoms. The average Bonchev–Trinajstić information content (AvgIpc) is 2.24. The number of alkyl halides is 2. The zero-order valence-electron chi connectivity index (χ0n) is 8.99. The third-order valence-corrected chi connectivity index (χ3v) is 2.56. The highest BCUT2D eigenvalue weighted by molar-refractivity contribution is 4.90. The molecule has 0 aromatic rings. The van der Waals surface area contributed by atoms with Gasteiger partial charge in [0.15, 0.2) is 12.3 Å². The van der Waals surface area contributed by atoms with Gasteiger partial charge in [-0.1, -0.05) is 6.08 Å². The molecular weight excluding hydrogens is 202 g/mol. The fraction of sp³-hybridized carbons (Fsp3) is 0.818. The quantitative estimate of drug-likeness (QED) is 0.662. The molecule has 0 aromatic heterocycles. The molecule has 0 heterocycles. The van der Waals surface area contributed by atoms with Crippen molar-refractivity contribution in [3.05, 3.63) is 12.7 Å². The molecule has 0 saturated heterocycles. The Morgan fingerprint density at radius 2 is 1.73 bits per heavy atom. The minimum absolute atomic E-state index is 0.261. The molecule has 0 aromatic carbocycles. The Kier molecular flexibility index (Phi) is 5.19. The second-order valence-electron chi connectivity index (χ2n) is 3.62. The molecule has 4 unspecified atom stereocenters. The Morgan fingerprint density at radius 1 is 1.20 bits per heavy atom. The number of hydrogen-bond acceptors (Lipinski definition) is 2. The molecule has 15 heavy (non-hydrogen) atoms. The third kappa shape index (κ3) is 3.24. The summed E-state index contributed by atoms with van der Waals surface area (Å²) >= 11 is 0. The van der Waals surface area contributed by atoms with Gasteiger partial charge in [-0.25, -0.2) is 8.78 Å². The number of ether oxygens (including phenoxy) is 2. The van der Waals surface area contributed by atoms with E-state index in [1.807, 2.05) is 0 Å². The number of hydrogen-bond donors (Lipinski definition) is 0. The molecule has 0 aliphatic heterocycles. The van der Waals surface area contributed by atoms with Gasteiger partial charge >= 0.3 is 0 Å². The SMILES string of the molecule is C=CCOC1CCC(OCC)C(F)C1F. The minimum Gasteiger partial charge on any atom is -0.375 e. The van der Waals surface area contributed by atoms with Crippen molar-refractivity contribution in [3.63, 3.8) is 0 Å². The fourth-order valence-electron chi connectivity index (χ4n) is 1.81. The van der Waals surface area contributed by atoms with E-state index in [4.69, 9.17) is 9.47 Å². The van der Waals surface area contributed by atoms with E-state index < -0.39 is 24.6 Å². The summed E-state index contributed by atoms with van der Waals surface area (Å²) < 4.78 is 37.3. The fourth-order valence-corrected chi connectivity index (χ4v) is 1.81. The van der Waals surface area contributed by atoms with Crippen molar-refractivity contribution in [1.29, 1.82) is 0 Å². The Bertz CT molecular complexity index is 199. The molecule has 88 valence electrons. The Morgan fingerprint density at radius 3 is 2.20 bits per heavy atom. The van der Waals surface area contributed by atoms with Crippen LogP contribution in [-0.2, 0) is 9.47 Å². The van der Waals surface area contributed by atoms with Crippen LogP contribution in [0.25, 0.3) is 0 Å². The molecule has 1 fully saturated rings. The second kappa shape index (κ2) is 6.18. The van der Waals surface area contributed by atoms with Crippen molar-refractivity contribution in [3.8, 4) is 0 Å². The second-order valence-corrected chi connectivity index (χ2v) is 3.62. The van der Waals surface area contributed by atoms with Crippen LogP contribution in [0.2, 0.25) is 0 Å². The van der Waals surface area contributed by atoms with Gasteiger partial charge in [0, 0.05) is 6.61 Å². The lowest BCUT2D eigenvalue weighted by atomic mass is 9.91. The van der Waals surface area contributed by atoms with Crippen LogP contribution in [0.15, 0.2) is 12.7 Å². The summed E-state index contributed by atoms with van der Waals surface area (Å²) in [4.78, 5) is 0. The Hall–Kier alpha value is -0.480. The first kappa shape index (κ1) is 12.6. The summed E-state index contributed by atoms with van der Waals surface area (Å²) in [6.45, 7) is 5.92. The molecule has 1 saturated carbocycles. The number of halogens is 2. The maximum Gasteiger partial charge on any atom is 0.160 e. The van der Waals surface area contributed by atoms with E-state index in [2.05, 4.69) is 6.58 Å². The predicted octanol–water partition coefficient (Wildman–Crippen LogP) is 2.43. The summed E-state index contributed by atoms with van der Waals surface area (Å²) in [6, 6.07) is 0. The van der Waals surface area contributed by atoms with Gasteiger partial charge in [0.1, 0.15) is 0 Å². The molecule has 0 spiro atoms. The van der Waals surface area contributed by atoms with E-state index >= 15 is 0 Å². The number of rotatable bonds is 5. The minimum atomic E-state index is -1.59. The van der Waals surface area contributed by atoms with Crippen molar-refractivity contribution in [1.82, 2.24) is 0 Å². The van der Waals surface area contributed by atoms with Crippen LogP contribution in [0, 0.1) is 0 Å². The molecule has 1 aliphatic carbocycles. The van der Waals surface area contributed by atoms with Gasteiger partial charge in [-0.15, -0.1) is 6.58 Å². The first-order valence-corrected chi connectivity index (χ1v) is 5.33. The standard InChI is InChI=1S/C11H18F2O2/c1-3-7-15-9-6-5-8(14-4-2)10(12)11(9)13/h3,8-11H,1,4-7H2,2H3. The van der Waals surface area contributed by atoms with E-state index in [0.717, 1.165) is 0 Å². The van der Waals surface area contributed by atoms with Crippen LogP contribution in [-0.4, -0.2) is 37.8 Å². The molecule has 1 rings (SSSR count).